The number of likely N-dealkylation sites (N-methyl/N-ethyl adjacent to an activating group) is 1. The molecule has 0 aliphatic carbocycles. The SMILES string of the molecule is C[NH+]1CCN(C(=O)c2ccc3c(=O)n(-c4ccc(F)c(Cl)c4)c(=S)[nH]c3c2)CC1. The molecule has 1 aliphatic heterocycles. The number of hydrogen-bond acceptors (Lipinski definition) is 3. The van der Waals surface area contributed by atoms with Crippen LogP contribution in [0.5, 0.6) is 0 Å². The van der Waals surface area contributed by atoms with Crippen LogP contribution in [-0.4, -0.2) is 53.6 Å². The summed E-state index contributed by atoms with van der Waals surface area (Å²) in [7, 11) is 2.11. The van der Waals surface area contributed by atoms with E-state index in [1.54, 1.807) is 18.2 Å². The van der Waals surface area contributed by atoms with E-state index in [9.17, 15) is 14.0 Å². The Balaban J connectivity index is 1.76. The van der Waals surface area contributed by atoms with Gasteiger partial charge in [0.2, 0.25) is 0 Å². The number of nitrogens with zero attached hydrogens (tertiary/aromatic N) is 2. The van der Waals surface area contributed by atoms with Crippen molar-refractivity contribution in [1.29, 1.82) is 0 Å². The lowest BCUT2D eigenvalue weighted by molar-refractivity contribution is -0.883. The minimum Gasteiger partial charge on any atom is -0.334 e. The number of aromatic nitrogens is 2. The quantitative estimate of drug-likeness (QED) is 0.606. The number of benzene rings is 2. The maximum absolute atomic E-state index is 13.5. The summed E-state index contributed by atoms with van der Waals surface area (Å²) < 4.78 is 14.9. The third-order valence-electron chi connectivity index (χ3n) is 5.21. The van der Waals surface area contributed by atoms with Gasteiger partial charge in [0, 0.05) is 5.56 Å². The summed E-state index contributed by atoms with van der Waals surface area (Å²) in [4.78, 5) is 32.1. The molecule has 0 unspecified atom stereocenters. The fourth-order valence-electron chi connectivity index (χ4n) is 3.48. The molecule has 1 aliphatic rings. The van der Waals surface area contributed by atoms with Gasteiger partial charge in [-0.3, -0.25) is 14.2 Å². The zero-order valence-corrected chi connectivity index (χ0v) is 17.2. The molecule has 150 valence electrons. The summed E-state index contributed by atoms with van der Waals surface area (Å²) in [5.41, 5.74) is 0.984. The van der Waals surface area contributed by atoms with Crippen LogP contribution in [0, 0.1) is 10.6 Å². The maximum Gasteiger partial charge on any atom is 0.266 e. The monoisotopic (exact) mass is 433 g/mol. The number of quaternary nitrogens is 1. The molecule has 1 fully saturated rings. The molecular formula is C20H19ClFN4O2S+. The molecule has 29 heavy (non-hydrogen) atoms. The molecule has 0 saturated carbocycles. The Morgan fingerprint density at radius 3 is 2.62 bits per heavy atom. The third kappa shape index (κ3) is 3.71. The van der Waals surface area contributed by atoms with Crippen molar-refractivity contribution in [2.24, 2.45) is 0 Å². The van der Waals surface area contributed by atoms with Crippen molar-refractivity contribution in [1.82, 2.24) is 14.5 Å². The Hall–Kier alpha value is -2.55. The zero-order chi connectivity index (χ0) is 20.7. The van der Waals surface area contributed by atoms with Gasteiger partial charge in [-0.25, -0.2) is 4.39 Å². The molecule has 0 bridgehead atoms. The number of fused-ring (bicyclic) bond motifs is 1. The lowest BCUT2D eigenvalue weighted by Crippen LogP contribution is -3.12. The molecule has 1 saturated heterocycles. The fourth-order valence-corrected chi connectivity index (χ4v) is 3.96. The summed E-state index contributed by atoms with van der Waals surface area (Å²) >= 11 is 11.2. The summed E-state index contributed by atoms with van der Waals surface area (Å²) in [6.45, 7) is 3.22. The van der Waals surface area contributed by atoms with Crippen LogP contribution in [0.25, 0.3) is 16.6 Å². The molecule has 2 N–H and O–H groups in total. The van der Waals surface area contributed by atoms with Crippen LogP contribution in [-0.2, 0) is 0 Å². The first kappa shape index (κ1) is 19.8. The van der Waals surface area contributed by atoms with Gasteiger partial charge in [0.1, 0.15) is 5.82 Å². The first-order chi connectivity index (χ1) is 13.8. The van der Waals surface area contributed by atoms with E-state index in [-0.39, 0.29) is 21.3 Å². The van der Waals surface area contributed by atoms with Gasteiger partial charge in [0.15, 0.2) is 4.77 Å². The maximum atomic E-state index is 13.5. The standard InChI is InChI=1S/C20H18ClFN4O2S/c1-24-6-8-25(9-7-24)18(27)12-2-4-14-17(10-12)23-20(29)26(19(14)28)13-3-5-16(22)15(21)11-13/h2-5,10-11H,6-9H2,1H3,(H,23,29)/p+1. The molecule has 3 aromatic rings. The topological polar surface area (TPSA) is 62.5 Å². The van der Waals surface area contributed by atoms with E-state index in [0.717, 1.165) is 13.1 Å². The van der Waals surface area contributed by atoms with E-state index < -0.39 is 5.82 Å². The van der Waals surface area contributed by atoms with Crippen LogP contribution in [0.3, 0.4) is 0 Å². The number of rotatable bonds is 2. The van der Waals surface area contributed by atoms with Crippen LogP contribution >= 0.6 is 23.8 Å². The van der Waals surface area contributed by atoms with Crippen molar-refractivity contribution >= 4 is 40.6 Å². The first-order valence-electron chi connectivity index (χ1n) is 9.20. The molecule has 4 rings (SSSR count). The number of nitrogens with one attached hydrogen (secondary N) is 2. The van der Waals surface area contributed by atoms with Crippen LogP contribution < -0.4 is 10.5 Å². The fraction of sp³-hybridized carbons (Fsp3) is 0.250. The van der Waals surface area contributed by atoms with Crippen LogP contribution in [0.15, 0.2) is 41.2 Å². The second kappa shape index (κ2) is 7.70. The van der Waals surface area contributed by atoms with E-state index in [1.807, 2.05) is 4.90 Å². The van der Waals surface area contributed by atoms with Gasteiger partial charge >= 0.3 is 0 Å². The number of carbonyl (C=O) groups excluding carboxylic acids is 1. The molecule has 6 nitrogen and oxygen atoms in total. The number of aromatic amines is 1. The molecule has 2 aromatic carbocycles. The number of piperazine rings is 1. The average Bonchev–Trinajstić information content (AvgIpc) is 2.70. The van der Waals surface area contributed by atoms with Crippen molar-refractivity contribution < 1.29 is 14.1 Å². The first-order valence-corrected chi connectivity index (χ1v) is 9.99. The largest absolute Gasteiger partial charge is 0.334 e. The van der Waals surface area contributed by atoms with Crippen molar-refractivity contribution in [3.63, 3.8) is 0 Å². The Morgan fingerprint density at radius 2 is 1.93 bits per heavy atom. The second-order valence-corrected chi connectivity index (χ2v) is 7.97. The molecule has 1 amide bonds. The third-order valence-corrected chi connectivity index (χ3v) is 5.78. The summed E-state index contributed by atoms with van der Waals surface area (Å²) in [5.74, 6) is -0.638. The Morgan fingerprint density at radius 1 is 1.21 bits per heavy atom. The Bertz CT molecular complexity index is 1230. The summed E-state index contributed by atoms with van der Waals surface area (Å²) in [5, 5.41) is 0.275. The van der Waals surface area contributed by atoms with Crippen molar-refractivity contribution in [2.45, 2.75) is 0 Å². The van der Waals surface area contributed by atoms with Gasteiger partial charge in [0.05, 0.1) is 54.8 Å². The van der Waals surface area contributed by atoms with Gasteiger partial charge in [-0.2, -0.15) is 0 Å². The van der Waals surface area contributed by atoms with E-state index in [0.29, 0.717) is 35.2 Å². The number of amides is 1. The predicted octanol–water partition coefficient (Wildman–Crippen LogP) is 1.81. The van der Waals surface area contributed by atoms with Crippen molar-refractivity contribution in [3.8, 4) is 5.69 Å². The Labute approximate surface area is 176 Å². The highest BCUT2D eigenvalue weighted by Crippen LogP contribution is 2.19. The number of hydrogen-bond donors (Lipinski definition) is 2. The molecular weight excluding hydrogens is 415 g/mol. The Kier molecular flexibility index (Phi) is 5.24. The van der Waals surface area contributed by atoms with Gasteiger partial charge in [0.25, 0.3) is 11.5 Å². The minimum absolute atomic E-state index is 0.0618. The lowest BCUT2D eigenvalue weighted by Gasteiger charge is -2.30. The van der Waals surface area contributed by atoms with Gasteiger partial charge in [-0.15, -0.1) is 0 Å². The molecule has 9 heteroatoms. The highest BCUT2D eigenvalue weighted by atomic mass is 35.5. The van der Waals surface area contributed by atoms with Gasteiger partial charge in [-0.05, 0) is 48.6 Å². The second-order valence-electron chi connectivity index (χ2n) is 7.18. The number of halogens is 2. The predicted molar refractivity (Wildman–Crippen MR) is 112 cm³/mol. The van der Waals surface area contributed by atoms with E-state index in [2.05, 4.69) is 12.0 Å². The molecule has 0 atom stereocenters. The van der Waals surface area contributed by atoms with Gasteiger partial charge in [-0.1, -0.05) is 11.6 Å². The lowest BCUT2D eigenvalue weighted by atomic mass is 10.1. The number of carbonyl (C=O) groups is 1. The smallest absolute Gasteiger partial charge is 0.266 e. The molecule has 0 spiro atoms. The normalized spacial score (nSPS) is 15.1. The highest BCUT2D eigenvalue weighted by molar-refractivity contribution is 7.71. The molecule has 2 heterocycles. The summed E-state index contributed by atoms with van der Waals surface area (Å²) in [6, 6.07) is 8.88. The van der Waals surface area contributed by atoms with E-state index >= 15 is 0 Å². The van der Waals surface area contributed by atoms with Crippen LogP contribution in [0.2, 0.25) is 5.02 Å². The van der Waals surface area contributed by atoms with Crippen molar-refractivity contribution in [2.75, 3.05) is 33.2 Å². The van der Waals surface area contributed by atoms with E-state index in [1.165, 1.54) is 27.7 Å². The zero-order valence-electron chi connectivity index (χ0n) is 15.7. The van der Waals surface area contributed by atoms with Crippen LogP contribution in [0.1, 0.15) is 10.4 Å². The average molecular weight is 434 g/mol. The number of H-pyrrole nitrogens is 1. The van der Waals surface area contributed by atoms with Gasteiger partial charge < -0.3 is 14.8 Å². The van der Waals surface area contributed by atoms with Crippen LogP contribution in [0.4, 0.5) is 4.39 Å². The summed E-state index contributed by atoms with van der Waals surface area (Å²) in [6.07, 6.45) is 0. The molecule has 0 radical (unpaired) electrons. The van der Waals surface area contributed by atoms with E-state index in [4.69, 9.17) is 23.8 Å². The van der Waals surface area contributed by atoms with Crippen molar-refractivity contribution in [3.05, 3.63) is 67.9 Å². The highest BCUT2D eigenvalue weighted by Gasteiger charge is 2.23. The minimum atomic E-state index is -0.576. The molecule has 1 aromatic heterocycles.